The van der Waals surface area contributed by atoms with Crippen LogP contribution in [0.15, 0.2) is 42.5 Å². The Morgan fingerprint density at radius 3 is 2.46 bits per heavy atom. The second-order valence-electron chi connectivity index (χ2n) is 6.16. The molecule has 8 heteroatoms. The van der Waals surface area contributed by atoms with Crippen LogP contribution >= 0.6 is 12.4 Å². The van der Waals surface area contributed by atoms with Crippen LogP contribution in [0.4, 0.5) is 0 Å². The Morgan fingerprint density at radius 2 is 1.82 bits per heavy atom. The molecule has 0 aliphatic carbocycles. The number of halogens is 1. The Balaban J connectivity index is 0.00000280. The molecule has 0 saturated carbocycles. The minimum Gasteiger partial charge on any atom is -0.465 e. The van der Waals surface area contributed by atoms with Gasteiger partial charge < -0.3 is 20.4 Å². The van der Waals surface area contributed by atoms with Gasteiger partial charge in [0.25, 0.3) is 5.91 Å². The Labute approximate surface area is 169 Å². The number of hydrogen-bond donors (Lipinski definition) is 2. The van der Waals surface area contributed by atoms with Crippen molar-refractivity contribution >= 4 is 35.3 Å². The molecule has 0 aliphatic rings. The lowest BCUT2D eigenvalue weighted by molar-refractivity contribution is 0.0600. The molecule has 1 heterocycles. The van der Waals surface area contributed by atoms with Crippen molar-refractivity contribution in [2.75, 3.05) is 20.2 Å². The number of fused-ring (bicyclic) bond motifs is 1. The van der Waals surface area contributed by atoms with E-state index in [1.807, 2.05) is 29.8 Å². The molecular formula is C20H23ClN4O3. The summed E-state index contributed by atoms with van der Waals surface area (Å²) in [6, 6.07) is 12.5. The molecule has 0 bridgehead atoms. The van der Waals surface area contributed by atoms with Gasteiger partial charge in [0.1, 0.15) is 5.82 Å². The number of aryl methyl sites for hydroxylation is 1. The van der Waals surface area contributed by atoms with Crippen molar-refractivity contribution in [3.63, 3.8) is 0 Å². The fourth-order valence-corrected chi connectivity index (χ4v) is 2.88. The lowest BCUT2D eigenvalue weighted by atomic mass is 10.1. The van der Waals surface area contributed by atoms with Gasteiger partial charge in [-0.25, -0.2) is 9.78 Å². The Kier molecular flexibility index (Phi) is 7.14. The van der Waals surface area contributed by atoms with Crippen LogP contribution in [0.1, 0.15) is 27.1 Å². The molecule has 0 unspecified atom stereocenters. The van der Waals surface area contributed by atoms with Crippen LogP contribution in [0.25, 0.3) is 22.4 Å². The molecule has 0 spiro atoms. The number of esters is 1. The van der Waals surface area contributed by atoms with E-state index in [2.05, 4.69) is 10.3 Å². The average molecular weight is 403 g/mol. The molecule has 2 aromatic carbocycles. The number of nitrogens with zero attached hydrogens (tertiary/aromatic N) is 2. The van der Waals surface area contributed by atoms with E-state index < -0.39 is 5.97 Å². The van der Waals surface area contributed by atoms with E-state index >= 15 is 0 Å². The third-order valence-corrected chi connectivity index (χ3v) is 4.37. The normalized spacial score (nSPS) is 10.4. The highest BCUT2D eigenvalue weighted by molar-refractivity contribution is 5.95. The number of nitrogens with two attached hydrogens (primary N) is 1. The number of carbonyl (C=O) groups excluding carboxylic acids is 2. The number of rotatable bonds is 6. The van der Waals surface area contributed by atoms with Crippen LogP contribution in [0, 0.1) is 0 Å². The van der Waals surface area contributed by atoms with Crippen molar-refractivity contribution < 1.29 is 14.3 Å². The van der Waals surface area contributed by atoms with Crippen molar-refractivity contribution in [1.82, 2.24) is 14.9 Å². The summed E-state index contributed by atoms with van der Waals surface area (Å²) in [6.07, 6.45) is 0.747. The molecule has 148 valence electrons. The molecule has 0 radical (unpaired) electrons. The van der Waals surface area contributed by atoms with Gasteiger partial charge in [0.2, 0.25) is 0 Å². The van der Waals surface area contributed by atoms with E-state index in [4.69, 9.17) is 10.5 Å². The summed E-state index contributed by atoms with van der Waals surface area (Å²) < 4.78 is 6.71. The van der Waals surface area contributed by atoms with Crippen molar-refractivity contribution in [3.05, 3.63) is 53.6 Å². The number of ether oxygens (including phenoxy) is 1. The van der Waals surface area contributed by atoms with Gasteiger partial charge in [0, 0.05) is 24.7 Å². The van der Waals surface area contributed by atoms with Crippen LogP contribution in [-0.2, 0) is 11.8 Å². The third-order valence-electron chi connectivity index (χ3n) is 4.37. The van der Waals surface area contributed by atoms with Gasteiger partial charge in [-0.2, -0.15) is 0 Å². The van der Waals surface area contributed by atoms with E-state index in [-0.39, 0.29) is 18.3 Å². The number of nitrogens with one attached hydrogen (secondary N) is 1. The highest BCUT2D eigenvalue weighted by Crippen LogP contribution is 2.25. The molecule has 0 fully saturated rings. The molecule has 3 N–H and O–H groups in total. The van der Waals surface area contributed by atoms with Gasteiger partial charge >= 0.3 is 5.97 Å². The maximum atomic E-state index is 12.1. The molecule has 0 saturated heterocycles. The SMILES string of the molecule is COC(=O)c1ccc2c(c1)nc(-c1ccc(C(=O)NCCCN)cc1)n2C.Cl. The zero-order valence-corrected chi connectivity index (χ0v) is 16.6. The smallest absolute Gasteiger partial charge is 0.337 e. The van der Waals surface area contributed by atoms with Crippen LogP contribution < -0.4 is 11.1 Å². The van der Waals surface area contributed by atoms with E-state index in [1.54, 1.807) is 24.3 Å². The lowest BCUT2D eigenvalue weighted by Crippen LogP contribution is -2.25. The summed E-state index contributed by atoms with van der Waals surface area (Å²) in [6.45, 7) is 1.11. The second kappa shape index (κ2) is 9.34. The molecule has 0 aliphatic heterocycles. The molecular weight excluding hydrogens is 380 g/mol. The topological polar surface area (TPSA) is 99.2 Å². The zero-order chi connectivity index (χ0) is 19.4. The lowest BCUT2D eigenvalue weighted by Gasteiger charge is -2.06. The molecule has 3 rings (SSSR count). The minimum absolute atomic E-state index is 0. The minimum atomic E-state index is -0.394. The maximum absolute atomic E-state index is 12.1. The Morgan fingerprint density at radius 1 is 1.14 bits per heavy atom. The van der Waals surface area contributed by atoms with Crippen molar-refractivity contribution in [3.8, 4) is 11.4 Å². The van der Waals surface area contributed by atoms with Gasteiger partial charge in [-0.15, -0.1) is 12.4 Å². The summed E-state index contributed by atoms with van der Waals surface area (Å²) in [5, 5.41) is 2.83. The van der Waals surface area contributed by atoms with Crippen molar-refractivity contribution in [1.29, 1.82) is 0 Å². The number of hydrogen-bond acceptors (Lipinski definition) is 5. The van der Waals surface area contributed by atoms with E-state index in [0.29, 0.717) is 29.7 Å². The van der Waals surface area contributed by atoms with E-state index in [1.165, 1.54) is 7.11 Å². The summed E-state index contributed by atoms with van der Waals surface area (Å²) in [5.41, 5.74) is 8.97. The molecule has 7 nitrogen and oxygen atoms in total. The predicted molar refractivity (Wildman–Crippen MR) is 111 cm³/mol. The second-order valence-corrected chi connectivity index (χ2v) is 6.16. The van der Waals surface area contributed by atoms with Gasteiger partial charge in [0.15, 0.2) is 0 Å². The molecule has 3 aromatic rings. The van der Waals surface area contributed by atoms with Crippen molar-refractivity contribution in [2.24, 2.45) is 12.8 Å². The first-order valence-corrected chi connectivity index (χ1v) is 8.68. The fraction of sp³-hybridized carbons (Fsp3) is 0.250. The number of methoxy groups -OCH3 is 1. The van der Waals surface area contributed by atoms with Gasteiger partial charge in [-0.3, -0.25) is 4.79 Å². The average Bonchev–Trinajstić information content (AvgIpc) is 3.03. The molecule has 1 aromatic heterocycles. The molecule has 28 heavy (non-hydrogen) atoms. The maximum Gasteiger partial charge on any atom is 0.337 e. The highest BCUT2D eigenvalue weighted by atomic mass is 35.5. The quantitative estimate of drug-likeness (QED) is 0.487. The third kappa shape index (κ3) is 4.32. The first-order valence-electron chi connectivity index (χ1n) is 8.68. The molecule has 0 atom stereocenters. The largest absolute Gasteiger partial charge is 0.465 e. The van der Waals surface area contributed by atoms with Crippen molar-refractivity contribution in [2.45, 2.75) is 6.42 Å². The summed E-state index contributed by atoms with van der Waals surface area (Å²) in [4.78, 5) is 28.4. The monoisotopic (exact) mass is 402 g/mol. The van der Waals surface area contributed by atoms with Crippen LogP contribution in [0.5, 0.6) is 0 Å². The first kappa shape index (κ1) is 21.4. The van der Waals surface area contributed by atoms with Gasteiger partial charge in [-0.1, -0.05) is 12.1 Å². The van der Waals surface area contributed by atoms with Crippen LogP contribution in [-0.4, -0.2) is 41.6 Å². The number of benzene rings is 2. The fourth-order valence-electron chi connectivity index (χ4n) is 2.88. The predicted octanol–water partition coefficient (Wildman–Crippen LogP) is 2.53. The van der Waals surface area contributed by atoms with Gasteiger partial charge in [0.05, 0.1) is 23.7 Å². The van der Waals surface area contributed by atoms with Crippen LogP contribution in [0.2, 0.25) is 0 Å². The number of imidazole rings is 1. The van der Waals surface area contributed by atoms with Gasteiger partial charge in [-0.05, 0) is 43.3 Å². The Bertz CT molecular complexity index is 983. The molecule has 1 amide bonds. The highest BCUT2D eigenvalue weighted by Gasteiger charge is 2.14. The first-order chi connectivity index (χ1) is 13.0. The zero-order valence-electron chi connectivity index (χ0n) is 15.8. The number of aromatic nitrogens is 2. The number of carbonyl (C=O) groups is 2. The number of amides is 1. The summed E-state index contributed by atoms with van der Waals surface area (Å²) in [7, 11) is 3.26. The van der Waals surface area contributed by atoms with E-state index in [0.717, 1.165) is 23.3 Å². The van der Waals surface area contributed by atoms with E-state index in [9.17, 15) is 9.59 Å². The summed E-state index contributed by atoms with van der Waals surface area (Å²) in [5.74, 6) is 0.235. The standard InChI is InChI=1S/C20H22N4O3.ClH/c1-24-17-9-8-15(20(26)27-2)12-16(17)23-18(24)13-4-6-14(7-5-13)19(25)22-11-3-10-21;/h4-9,12H,3,10-11,21H2,1-2H3,(H,22,25);1H. The van der Waals surface area contributed by atoms with Crippen LogP contribution in [0.3, 0.4) is 0 Å². The summed E-state index contributed by atoms with van der Waals surface area (Å²) >= 11 is 0. The Hall–Kier alpha value is -2.90.